The van der Waals surface area contributed by atoms with E-state index in [-0.39, 0.29) is 6.42 Å². The highest BCUT2D eigenvalue weighted by atomic mass is 16.4. The number of unbranched alkanes of at least 4 members (excludes halogenated alkanes) is 1. The number of hydrogen-bond acceptors (Lipinski definition) is 1. The van der Waals surface area contributed by atoms with Crippen LogP contribution < -0.4 is 0 Å². The summed E-state index contributed by atoms with van der Waals surface area (Å²) in [5.41, 5.74) is 0.953. The van der Waals surface area contributed by atoms with Crippen molar-refractivity contribution in [2.75, 3.05) is 0 Å². The highest BCUT2D eigenvalue weighted by Crippen LogP contribution is 2.02. The first-order valence-electron chi connectivity index (χ1n) is 3.54. The van der Waals surface area contributed by atoms with Crippen LogP contribution in [0.5, 0.6) is 0 Å². The van der Waals surface area contributed by atoms with Crippen molar-refractivity contribution in [2.24, 2.45) is 0 Å². The van der Waals surface area contributed by atoms with Crippen molar-refractivity contribution in [1.82, 2.24) is 0 Å². The molecule has 0 atom stereocenters. The number of carbonyl (C=O) groups is 1. The van der Waals surface area contributed by atoms with E-state index < -0.39 is 5.97 Å². The summed E-state index contributed by atoms with van der Waals surface area (Å²) in [5.74, 6) is -0.746. The molecule has 0 aromatic rings. The molecular formula is C8H14O2. The summed E-state index contributed by atoms with van der Waals surface area (Å²) in [5, 5.41) is 8.34. The van der Waals surface area contributed by atoms with E-state index in [4.69, 9.17) is 5.11 Å². The van der Waals surface area contributed by atoms with E-state index in [1.54, 1.807) is 0 Å². The topological polar surface area (TPSA) is 37.3 Å². The fourth-order valence-electron chi connectivity index (χ4n) is 0.701. The van der Waals surface area contributed by atoms with Crippen LogP contribution in [-0.4, -0.2) is 11.1 Å². The number of allylic oxidation sites excluding steroid dienone is 1. The third kappa shape index (κ3) is 5.35. The highest BCUT2D eigenvalue weighted by molar-refractivity contribution is 5.69. The number of rotatable bonds is 4. The molecule has 0 saturated heterocycles. The van der Waals surface area contributed by atoms with Crippen molar-refractivity contribution in [3.05, 3.63) is 11.6 Å². The quantitative estimate of drug-likeness (QED) is 0.611. The summed E-state index contributed by atoms with van der Waals surface area (Å²) < 4.78 is 0. The molecule has 0 saturated carbocycles. The van der Waals surface area contributed by atoms with Gasteiger partial charge in [0.1, 0.15) is 0 Å². The van der Waals surface area contributed by atoms with Gasteiger partial charge in [0.2, 0.25) is 0 Å². The largest absolute Gasteiger partial charge is 0.481 e. The summed E-state index contributed by atoms with van der Waals surface area (Å²) in [4.78, 5) is 10.1. The van der Waals surface area contributed by atoms with Gasteiger partial charge in [-0.3, -0.25) is 4.79 Å². The lowest BCUT2D eigenvalue weighted by atomic mass is 10.1. The minimum atomic E-state index is -0.746. The van der Waals surface area contributed by atoms with Crippen LogP contribution in [0, 0.1) is 0 Å². The Balaban J connectivity index is 3.59. The predicted octanol–water partition coefficient (Wildman–Crippen LogP) is 2.21. The molecule has 0 rings (SSSR count). The second-order valence-corrected chi connectivity index (χ2v) is 2.41. The van der Waals surface area contributed by atoms with Crippen molar-refractivity contribution < 1.29 is 9.90 Å². The van der Waals surface area contributed by atoms with Crippen LogP contribution in [0.25, 0.3) is 0 Å². The molecule has 0 aromatic carbocycles. The van der Waals surface area contributed by atoms with Crippen LogP contribution in [0.3, 0.4) is 0 Å². The molecule has 0 unspecified atom stereocenters. The van der Waals surface area contributed by atoms with Crippen LogP contribution in [0.4, 0.5) is 0 Å². The molecule has 0 aromatic heterocycles. The van der Waals surface area contributed by atoms with Gasteiger partial charge in [0.05, 0.1) is 6.42 Å². The molecule has 0 radical (unpaired) electrons. The zero-order valence-corrected chi connectivity index (χ0v) is 6.55. The molecule has 2 heteroatoms. The predicted molar refractivity (Wildman–Crippen MR) is 40.9 cm³/mol. The Morgan fingerprint density at radius 1 is 1.60 bits per heavy atom. The van der Waals surface area contributed by atoms with E-state index in [1.807, 2.05) is 13.0 Å². The fraction of sp³-hybridized carbons (Fsp3) is 0.625. The van der Waals surface area contributed by atoms with Crippen LogP contribution in [0.15, 0.2) is 11.6 Å². The van der Waals surface area contributed by atoms with Gasteiger partial charge in [-0.25, -0.2) is 0 Å². The number of aliphatic carboxylic acids is 1. The second kappa shape index (κ2) is 5.03. The molecule has 0 heterocycles. The monoisotopic (exact) mass is 142 g/mol. The molecule has 0 aliphatic heterocycles. The first-order valence-corrected chi connectivity index (χ1v) is 3.54. The van der Waals surface area contributed by atoms with Crippen LogP contribution in [-0.2, 0) is 4.79 Å². The summed E-state index contributed by atoms with van der Waals surface area (Å²) >= 11 is 0. The Hall–Kier alpha value is -0.790. The maximum absolute atomic E-state index is 10.1. The number of carboxylic acids is 1. The van der Waals surface area contributed by atoms with Gasteiger partial charge in [0, 0.05) is 0 Å². The lowest BCUT2D eigenvalue weighted by molar-refractivity contribution is -0.136. The van der Waals surface area contributed by atoms with Crippen LogP contribution >= 0.6 is 0 Å². The van der Waals surface area contributed by atoms with E-state index in [1.165, 1.54) is 0 Å². The van der Waals surface area contributed by atoms with E-state index in [0.717, 1.165) is 18.4 Å². The normalized spacial score (nSPS) is 11.6. The minimum absolute atomic E-state index is 0.181. The van der Waals surface area contributed by atoms with Gasteiger partial charge in [-0.2, -0.15) is 0 Å². The molecule has 0 aliphatic carbocycles. The second-order valence-electron chi connectivity index (χ2n) is 2.41. The molecule has 0 bridgehead atoms. The van der Waals surface area contributed by atoms with E-state index in [2.05, 4.69) is 6.92 Å². The van der Waals surface area contributed by atoms with Crippen LogP contribution in [0.1, 0.15) is 33.1 Å². The molecule has 0 amide bonds. The molecule has 0 fully saturated rings. The number of hydrogen-bond donors (Lipinski definition) is 1. The van der Waals surface area contributed by atoms with Crippen molar-refractivity contribution in [3.63, 3.8) is 0 Å². The molecule has 0 aliphatic rings. The van der Waals surface area contributed by atoms with Gasteiger partial charge in [0.15, 0.2) is 0 Å². The van der Waals surface area contributed by atoms with E-state index >= 15 is 0 Å². The maximum Gasteiger partial charge on any atom is 0.307 e. The molecule has 1 N–H and O–H groups in total. The van der Waals surface area contributed by atoms with Crippen molar-refractivity contribution in [2.45, 2.75) is 33.1 Å². The first-order chi connectivity index (χ1) is 4.66. The van der Waals surface area contributed by atoms with E-state index in [0.29, 0.717) is 0 Å². The SMILES string of the molecule is CCC/C=C(\C)CC(=O)O. The summed E-state index contributed by atoms with van der Waals surface area (Å²) in [6.45, 7) is 3.92. The van der Waals surface area contributed by atoms with Crippen molar-refractivity contribution in [3.8, 4) is 0 Å². The van der Waals surface area contributed by atoms with Gasteiger partial charge in [-0.05, 0) is 13.3 Å². The van der Waals surface area contributed by atoms with Gasteiger partial charge in [0.25, 0.3) is 0 Å². The minimum Gasteiger partial charge on any atom is -0.481 e. The first kappa shape index (κ1) is 9.21. The third-order valence-corrected chi connectivity index (χ3v) is 1.21. The maximum atomic E-state index is 10.1. The standard InChI is InChI=1S/C8H14O2/c1-3-4-5-7(2)6-8(9)10/h5H,3-4,6H2,1-2H3,(H,9,10)/b7-5+. The summed E-state index contributed by atoms with van der Waals surface area (Å²) in [7, 11) is 0. The number of carboxylic acid groups (broad SMARTS) is 1. The zero-order chi connectivity index (χ0) is 7.98. The smallest absolute Gasteiger partial charge is 0.307 e. The van der Waals surface area contributed by atoms with Gasteiger partial charge in [-0.1, -0.05) is 25.0 Å². The average Bonchev–Trinajstić information content (AvgIpc) is 1.82. The van der Waals surface area contributed by atoms with E-state index in [9.17, 15) is 4.79 Å². The lowest BCUT2D eigenvalue weighted by Crippen LogP contribution is -1.94. The molecule has 2 nitrogen and oxygen atoms in total. The van der Waals surface area contributed by atoms with Crippen molar-refractivity contribution in [1.29, 1.82) is 0 Å². The van der Waals surface area contributed by atoms with Crippen LogP contribution in [0.2, 0.25) is 0 Å². The summed E-state index contributed by atoms with van der Waals surface area (Å²) in [6.07, 6.45) is 4.23. The average molecular weight is 142 g/mol. The van der Waals surface area contributed by atoms with Gasteiger partial charge < -0.3 is 5.11 Å². The Labute approximate surface area is 61.6 Å². The molecule has 0 spiro atoms. The van der Waals surface area contributed by atoms with Crippen molar-refractivity contribution >= 4 is 5.97 Å². The summed E-state index contributed by atoms with van der Waals surface area (Å²) in [6, 6.07) is 0. The molecular weight excluding hydrogens is 128 g/mol. The zero-order valence-electron chi connectivity index (χ0n) is 6.55. The Morgan fingerprint density at radius 3 is 2.60 bits per heavy atom. The van der Waals surface area contributed by atoms with Gasteiger partial charge in [-0.15, -0.1) is 0 Å². The van der Waals surface area contributed by atoms with Gasteiger partial charge >= 0.3 is 5.97 Å². The molecule has 10 heavy (non-hydrogen) atoms. The highest BCUT2D eigenvalue weighted by Gasteiger charge is 1.96. The Bertz CT molecular complexity index is 136. The Morgan fingerprint density at radius 2 is 2.20 bits per heavy atom. The lowest BCUT2D eigenvalue weighted by Gasteiger charge is -1.93. The molecule has 58 valence electrons. The Kier molecular flexibility index (Phi) is 4.63. The third-order valence-electron chi connectivity index (χ3n) is 1.21. The fourth-order valence-corrected chi connectivity index (χ4v) is 0.701.